The monoisotopic (exact) mass is 223 g/mol. The maximum absolute atomic E-state index is 11.9. The van der Waals surface area contributed by atoms with Crippen molar-refractivity contribution in [3.05, 3.63) is 12.2 Å². The molecule has 0 spiro atoms. The van der Waals surface area contributed by atoms with Gasteiger partial charge in [0.25, 0.3) is 0 Å². The summed E-state index contributed by atoms with van der Waals surface area (Å²) < 4.78 is 0. The van der Waals surface area contributed by atoms with Crippen LogP contribution in [0.15, 0.2) is 12.2 Å². The van der Waals surface area contributed by atoms with Crippen LogP contribution in [-0.2, 0) is 4.79 Å². The third-order valence-electron chi connectivity index (χ3n) is 3.26. The fraction of sp³-hybridized carbons (Fsp3) is 0.786. The molecule has 0 aromatic heterocycles. The van der Waals surface area contributed by atoms with Crippen molar-refractivity contribution >= 4 is 5.91 Å². The average Bonchev–Trinajstić information content (AvgIpc) is 2.32. The van der Waals surface area contributed by atoms with E-state index in [9.17, 15) is 4.79 Å². The summed E-state index contributed by atoms with van der Waals surface area (Å²) in [5.74, 6) is 0.152. The predicted molar refractivity (Wildman–Crippen MR) is 68.3 cm³/mol. The summed E-state index contributed by atoms with van der Waals surface area (Å²) in [6, 6.07) is 0. The van der Waals surface area contributed by atoms with E-state index in [1.54, 1.807) is 0 Å². The quantitative estimate of drug-likeness (QED) is 0.623. The number of carbonyl (C=O) groups is 1. The highest BCUT2D eigenvalue weighted by Crippen LogP contribution is 2.13. The zero-order chi connectivity index (χ0) is 11.8. The van der Waals surface area contributed by atoms with Gasteiger partial charge in [-0.05, 0) is 19.8 Å². The van der Waals surface area contributed by atoms with Gasteiger partial charge in [0.1, 0.15) is 0 Å². The van der Waals surface area contributed by atoms with Crippen LogP contribution >= 0.6 is 0 Å². The van der Waals surface area contributed by atoms with Crippen LogP contribution in [-0.4, -0.2) is 23.9 Å². The first kappa shape index (κ1) is 13.3. The Morgan fingerprint density at radius 1 is 0.875 bits per heavy atom. The van der Waals surface area contributed by atoms with E-state index in [-0.39, 0.29) is 5.91 Å². The first-order chi connectivity index (χ1) is 7.72. The van der Waals surface area contributed by atoms with Crippen molar-refractivity contribution in [1.29, 1.82) is 0 Å². The van der Waals surface area contributed by atoms with Crippen LogP contribution < -0.4 is 0 Å². The Balaban J connectivity index is 2.45. The second kappa shape index (κ2) is 7.48. The van der Waals surface area contributed by atoms with Crippen LogP contribution in [0.25, 0.3) is 0 Å². The molecule has 1 aliphatic rings. The molecule has 1 rings (SSSR count). The zero-order valence-electron chi connectivity index (χ0n) is 10.6. The molecule has 0 bridgehead atoms. The molecule has 0 unspecified atom stereocenters. The second-order valence-corrected chi connectivity index (χ2v) is 4.90. The zero-order valence-corrected chi connectivity index (χ0v) is 10.6. The van der Waals surface area contributed by atoms with Crippen molar-refractivity contribution in [3.8, 4) is 0 Å². The lowest BCUT2D eigenvalue weighted by atomic mass is 10.1. The van der Waals surface area contributed by atoms with E-state index in [0.717, 1.165) is 25.9 Å². The summed E-state index contributed by atoms with van der Waals surface area (Å²) in [5.41, 5.74) is 0.676. The van der Waals surface area contributed by atoms with Crippen LogP contribution in [0.5, 0.6) is 0 Å². The van der Waals surface area contributed by atoms with Crippen molar-refractivity contribution in [2.45, 2.75) is 58.3 Å². The molecule has 1 aliphatic heterocycles. The van der Waals surface area contributed by atoms with Gasteiger partial charge in [0.15, 0.2) is 0 Å². The van der Waals surface area contributed by atoms with E-state index in [1.165, 1.54) is 38.5 Å². The van der Waals surface area contributed by atoms with Crippen LogP contribution in [0, 0.1) is 0 Å². The van der Waals surface area contributed by atoms with Gasteiger partial charge < -0.3 is 4.90 Å². The van der Waals surface area contributed by atoms with Crippen molar-refractivity contribution < 1.29 is 4.79 Å². The summed E-state index contributed by atoms with van der Waals surface area (Å²) in [5, 5.41) is 0. The normalized spacial score (nSPS) is 19.9. The molecule has 0 saturated carbocycles. The van der Waals surface area contributed by atoms with Crippen LogP contribution in [0.2, 0.25) is 0 Å². The van der Waals surface area contributed by atoms with Crippen molar-refractivity contribution in [3.63, 3.8) is 0 Å². The molecule has 0 aromatic rings. The lowest BCUT2D eigenvalue weighted by Gasteiger charge is -2.22. The lowest BCUT2D eigenvalue weighted by molar-refractivity contribution is -0.127. The number of rotatable bonds is 1. The number of amides is 1. The van der Waals surface area contributed by atoms with Gasteiger partial charge in [0, 0.05) is 18.7 Å². The summed E-state index contributed by atoms with van der Waals surface area (Å²) in [6.45, 7) is 7.41. The smallest absolute Gasteiger partial charge is 0.248 e. The molecule has 16 heavy (non-hydrogen) atoms. The Labute approximate surface area is 99.7 Å². The number of carbonyl (C=O) groups excluding carboxylic acids is 1. The van der Waals surface area contributed by atoms with Gasteiger partial charge in [0.05, 0.1) is 0 Å². The standard InChI is InChI=1S/C14H25NO/c1-13(2)14(16)15-11-9-7-5-3-4-6-8-10-12-15/h1,3-12H2,2H3. The highest BCUT2D eigenvalue weighted by atomic mass is 16.2. The van der Waals surface area contributed by atoms with Gasteiger partial charge in [-0.1, -0.05) is 45.1 Å². The van der Waals surface area contributed by atoms with Gasteiger partial charge in [-0.3, -0.25) is 4.79 Å². The summed E-state index contributed by atoms with van der Waals surface area (Å²) in [6.07, 6.45) is 10.2. The Kier molecular flexibility index (Phi) is 6.20. The molecule has 92 valence electrons. The third-order valence-corrected chi connectivity index (χ3v) is 3.26. The molecule has 0 atom stereocenters. The molecular formula is C14H25NO. The first-order valence-electron chi connectivity index (χ1n) is 6.66. The Morgan fingerprint density at radius 3 is 1.62 bits per heavy atom. The maximum Gasteiger partial charge on any atom is 0.248 e. The van der Waals surface area contributed by atoms with Gasteiger partial charge >= 0.3 is 0 Å². The van der Waals surface area contributed by atoms with Crippen molar-refractivity contribution in [2.75, 3.05) is 13.1 Å². The van der Waals surface area contributed by atoms with E-state index >= 15 is 0 Å². The molecule has 1 heterocycles. The maximum atomic E-state index is 11.9. The van der Waals surface area contributed by atoms with E-state index in [2.05, 4.69) is 6.58 Å². The molecule has 0 aliphatic carbocycles. The minimum Gasteiger partial charge on any atom is -0.339 e. The van der Waals surface area contributed by atoms with Gasteiger partial charge in [-0.15, -0.1) is 0 Å². The number of hydrogen-bond donors (Lipinski definition) is 0. The van der Waals surface area contributed by atoms with Crippen LogP contribution in [0.4, 0.5) is 0 Å². The van der Waals surface area contributed by atoms with Crippen molar-refractivity contribution in [1.82, 2.24) is 4.90 Å². The van der Waals surface area contributed by atoms with Gasteiger partial charge in [-0.25, -0.2) is 0 Å². The minimum atomic E-state index is 0.152. The van der Waals surface area contributed by atoms with Gasteiger partial charge in [0.2, 0.25) is 5.91 Å². The highest BCUT2D eigenvalue weighted by Gasteiger charge is 2.13. The summed E-state index contributed by atoms with van der Waals surface area (Å²) in [4.78, 5) is 13.9. The Bertz CT molecular complexity index is 223. The summed E-state index contributed by atoms with van der Waals surface area (Å²) in [7, 11) is 0. The van der Waals surface area contributed by atoms with Gasteiger partial charge in [-0.2, -0.15) is 0 Å². The third kappa shape index (κ3) is 4.82. The molecule has 0 N–H and O–H groups in total. The Hall–Kier alpha value is -0.790. The SMILES string of the molecule is C=C(C)C(=O)N1CCCCCCCCCC1. The molecule has 0 aromatic carbocycles. The first-order valence-corrected chi connectivity index (χ1v) is 6.66. The highest BCUT2D eigenvalue weighted by molar-refractivity contribution is 5.92. The molecule has 1 amide bonds. The topological polar surface area (TPSA) is 20.3 Å². The molecule has 1 fully saturated rings. The minimum absolute atomic E-state index is 0.152. The fourth-order valence-corrected chi connectivity index (χ4v) is 2.25. The molecular weight excluding hydrogens is 198 g/mol. The molecule has 0 radical (unpaired) electrons. The van der Waals surface area contributed by atoms with Crippen LogP contribution in [0.3, 0.4) is 0 Å². The molecule has 2 heteroatoms. The number of hydrogen-bond acceptors (Lipinski definition) is 1. The fourth-order valence-electron chi connectivity index (χ4n) is 2.25. The van der Waals surface area contributed by atoms with Crippen molar-refractivity contribution in [2.24, 2.45) is 0 Å². The Morgan fingerprint density at radius 2 is 1.25 bits per heavy atom. The van der Waals surface area contributed by atoms with Crippen LogP contribution in [0.1, 0.15) is 58.3 Å². The second-order valence-electron chi connectivity index (χ2n) is 4.90. The summed E-state index contributed by atoms with van der Waals surface area (Å²) >= 11 is 0. The molecule has 2 nitrogen and oxygen atoms in total. The number of nitrogens with zero attached hydrogens (tertiary/aromatic N) is 1. The molecule has 1 saturated heterocycles. The van der Waals surface area contributed by atoms with E-state index in [1.807, 2.05) is 11.8 Å². The van der Waals surface area contributed by atoms with E-state index in [4.69, 9.17) is 0 Å². The van der Waals surface area contributed by atoms with E-state index in [0.29, 0.717) is 5.57 Å². The largest absolute Gasteiger partial charge is 0.339 e. The average molecular weight is 223 g/mol. The predicted octanol–water partition coefficient (Wildman–Crippen LogP) is 3.53. The lowest BCUT2D eigenvalue weighted by Crippen LogP contribution is -2.33. The van der Waals surface area contributed by atoms with E-state index < -0.39 is 0 Å².